The molecule has 2 aromatic carbocycles. The maximum Gasteiger partial charge on any atom is 0.269 e. The van der Waals surface area contributed by atoms with E-state index in [1.165, 1.54) is 30.7 Å². The van der Waals surface area contributed by atoms with Crippen molar-refractivity contribution in [1.82, 2.24) is 26.2 Å². The number of aromatic amines is 1. The molecule has 0 fully saturated rings. The number of amides is 2. The van der Waals surface area contributed by atoms with Crippen molar-refractivity contribution in [3.63, 3.8) is 0 Å². The molecule has 1 unspecified atom stereocenters. The predicted octanol–water partition coefficient (Wildman–Crippen LogP) is 0.298. The lowest BCUT2D eigenvalue weighted by Gasteiger charge is -2.29. The van der Waals surface area contributed by atoms with Gasteiger partial charge in [-0.15, -0.1) is 5.10 Å². The van der Waals surface area contributed by atoms with Crippen molar-refractivity contribution >= 4 is 17.5 Å². The number of carbonyl (C=O) groups excluding carboxylic acids is 2. The van der Waals surface area contributed by atoms with E-state index in [1.807, 2.05) is 0 Å². The van der Waals surface area contributed by atoms with Crippen LogP contribution in [-0.2, 0) is 10.4 Å². The molecule has 1 aromatic heterocycles. The first kappa shape index (κ1) is 21.5. The molecule has 0 bridgehead atoms. The van der Waals surface area contributed by atoms with Crippen LogP contribution in [0.2, 0.25) is 0 Å². The molecule has 10 heteroatoms. The highest BCUT2D eigenvalue weighted by Crippen LogP contribution is 2.22. The lowest BCUT2D eigenvalue weighted by atomic mass is 9.92. The number of nitrogens with one attached hydrogen (secondary N) is 3. The second-order valence-corrected chi connectivity index (χ2v) is 6.84. The fraction of sp³-hybridized carbons (Fsp3) is 0.143. The Morgan fingerprint density at radius 1 is 1.10 bits per heavy atom. The zero-order valence-electron chi connectivity index (χ0n) is 16.5. The van der Waals surface area contributed by atoms with Crippen molar-refractivity contribution < 1.29 is 19.9 Å². The zero-order chi connectivity index (χ0) is 22.4. The summed E-state index contributed by atoms with van der Waals surface area (Å²) in [5.41, 5.74) is 7.49. The van der Waals surface area contributed by atoms with Crippen molar-refractivity contribution in [3.05, 3.63) is 77.1 Å². The molecule has 31 heavy (non-hydrogen) atoms. The summed E-state index contributed by atoms with van der Waals surface area (Å²) in [4.78, 5) is 24.7. The third-order valence-corrected chi connectivity index (χ3v) is 4.55. The first-order valence-electron chi connectivity index (χ1n) is 9.13. The quantitative estimate of drug-likeness (QED) is 0.149. The third kappa shape index (κ3) is 5.05. The molecular formula is C21H20N6O4. The lowest BCUT2D eigenvalue weighted by Crippen LogP contribution is -2.57. The number of hydrogen-bond acceptors (Lipinski definition) is 7. The summed E-state index contributed by atoms with van der Waals surface area (Å²) in [5, 5.41) is 31.7. The van der Waals surface area contributed by atoms with E-state index in [2.05, 4.69) is 32.6 Å². The first-order valence-corrected chi connectivity index (χ1v) is 9.13. The smallest absolute Gasteiger partial charge is 0.269 e. The standard InChI is InChI=1S/C21H20N6O4/c1-21(30,17-12-23-27-25-17)18(20(29)26-31)24-19(28)15-8-4-13(5-9-15)2-3-14-6-10-16(22)11-7-14/h4-12,18,30-31H,22H2,1H3,(H,24,28)(H,26,29)(H,23,25,27)/t18-,21?/m1/s1. The van der Waals surface area contributed by atoms with Gasteiger partial charge in [0.2, 0.25) is 0 Å². The molecule has 10 nitrogen and oxygen atoms in total. The fourth-order valence-electron chi connectivity index (χ4n) is 2.75. The van der Waals surface area contributed by atoms with Gasteiger partial charge in [0.25, 0.3) is 11.8 Å². The van der Waals surface area contributed by atoms with E-state index in [-0.39, 0.29) is 11.3 Å². The molecule has 3 aromatic rings. The number of nitrogens with two attached hydrogens (primary N) is 1. The number of aromatic nitrogens is 3. The molecule has 0 aliphatic carbocycles. The number of H-pyrrole nitrogens is 1. The third-order valence-electron chi connectivity index (χ3n) is 4.55. The van der Waals surface area contributed by atoms with Crippen LogP contribution in [0.25, 0.3) is 0 Å². The van der Waals surface area contributed by atoms with E-state index in [1.54, 1.807) is 36.4 Å². The summed E-state index contributed by atoms with van der Waals surface area (Å²) in [6.45, 7) is 1.26. The molecule has 0 saturated heterocycles. The van der Waals surface area contributed by atoms with Gasteiger partial charge in [-0.1, -0.05) is 17.1 Å². The van der Waals surface area contributed by atoms with Crippen molar-refractivity contribution in [2.75, 3.05) is 5.73 Å². The van der Waals surface area contributed by atoms with Gasteiger partial charge in [-0.05, 0) is 55.5 Å². The van der Waals surface area contributed by atoms with E-state index >= 15 is 0 Å². The summed E-state index contributed by atoms with van der Waals surface area (Å²) < 4.78 is 0. The van der Waals surface area contributed by atoms with Crippen LogP contribution in [0.4, 0.5) is 5.69 Å². The summed E-state index contributed by atoms with van der Waals surface area (Å²) in [5.74, 6) is 4.31. The van der Waals surface area contributed by atoms with Gasteiger partial charge in [-0.3, -0.25) is 19.9 Å². The molecule has 0 saturated carbocycles. The number of hydrogen-bond donors (Lipinski definition) is 6. The second kappa shape index (κ2) is 9.08. The minimum Gasteiger partial charge on any atom is -0.399 e. The van der Waals surface area contributed by atoms with Crippen LogP contribution < -0.4 is 16.5 Å². The summed E-state index contributed by atoms with van der Waals surface area (Å²) in [6, 6.07) is 11.9. The average Bonchev–Trinajstić information content (AvgIpc) is 3.32. The van der Waals surface area contributed by atoms with Crippen LogP contribution in [0, 0.1) is 11.8 Å². The minimum atomic E-state index is -1.94. The Morgan fingerprint density at radius 2 is 1.68 bits per heavy atom. The molecule has 0 radical (unpaired) electrons. The van der Waals surface area contributed by atoms with Crippen LogP contribution in [0.3, 0.4) is 0 Å². The van der Waals surface area contributed by atoms with E-state index in [9.17, 15) is 14.7 Å². The average molecular weight is 420 g/mol. The molecule has 2 atom stereocenters. The monoisotopic (exact) mass is 420 g/mol. The van der Waals surface area contributed by atoms with Gasteiger partial charge < -0.3 is 16.2 Å². The summed E-state index contributed by atoms with van der Waals surface area (Å²) >= 11 is 0. The van der Waals surface area contributed by atoms with Gasteiger partial charge in [-0.2, -0.15) is 0 Å². The largest absolute Gasteiger partial charge is 0.399 e. The Balaban J connectivity index is 1.75. The number of hydroxylamine groups is 1. The van der Waals surface area contributed by atoms with Crippen LogP contribution in [0.1, 0.15) is 34.1 Å². The van der Waals surface area contributed by atoms with Crippen LogP contribution in [0.15, 0.2) is 54.7 Å². The highest BCUT2D eigenvalue weighted by Gasteiger charge is 2.42. The van der Waals surface area contributed by atoms with Crippen LogP contribution in [-0.4, -0.2) is 43.6 Å². The van der Waals surface area contributed by atoms with Gasteiger partial charge in [-0.25, -0.2) is 5.48 Å². The number of carbonyl (C=O) groups is 2. The lowest BCUT2D eigenvalue weighted by molar-refractivity contribution is -0.138. The number of nitrogen functional groups attached to an aromatic ring is 1. The van der Waals surface area contributed by atoms with Gasteiger partial charge in [0.1, 0.15) is 17.3 Å². The van der Waals surface area contributed by atoms with Crippen molar-refractivity contribution in [2.24, 2.45) is 0 Å². The highest BCUT2D eigenvalue weighted by molar-refractivity contribution is 5.97. The molecule has 1 heterocycles. The zero-order valence-corrected chi connectivity index (χ0v) is 16.5. The molecule has 0 aliphatic heterocycles. The van der Waals surface area contributed by atoms with Crippen LogP contribution >= 0.6 is 0 Å². The maximum atomic E-state index is 12.6. The molecule has 3 rings (SSSR count). The van der Waals surface area contributed by atoms with Crippen molar-refractivity contribution in [1.29, 1.82) is 0 Å². The molecule has 0 spiro atoms. The van der Waals surface area contributed by atoms with Gasteiger partial charge in [0, 0.05) is 28.6 Å². The second-order valence-electron chi connectivity index (χ2n) is 6.84. The predicted molar refractivity (Wildman–Crippen MR) is 110 cm³/mol. The van der Waals surface area contributed by atoms with Crippen molar-refractivity contribution in [3.8, 4) is 11.8 Å². The van der Waals surface area contributed by atoms with Gasteiger partial charge in [0.05, 0.1) is 0 Å². The fourth-order valence-corrected chi connectivity index (χ4v) is 2.75. The maximum absolute atomic E-state index is 12.6. The SMILES string of the molecule is CC(O)(c1c[nH]nn1)[C@H](NC(=O)c1ccc(C#Cc2ccc(N)cc2)cc1)C(=O)NO. The molecular weight excluding hydrogens is 400 g/mol. The molecule has 2 amide bonds. The summed E-state index contributed by atoms with van der Waals surface area (Å²) in [6.07, 6.45) is 1.28. The number of aliphatic hydroxyl groups is 1. The Hall–Kier alpha value is -4.20. The normalized spacial score (nSPS) is 13.3. The molecule has 158 valence electrons. The molecule has 0 aliphatic rings. The van der Waals surface area contributed by atoms with E-state index in [4.69, 9.17) is 10.9 Å². The van der Waals surface area contributed by atoms with Gasteiger partial charge >= 0.3 is 0 Å². The van der Waals surface area contributed by atoms with Crippen LogP contribution in [0.5, 0.6) is 0 Å². The number of rotatable bonds is 5. The van der Waals surface area contributed by atoms with Gasteiger partial charge in [0.15, 0.2) is 0 Å². The topological polar surface area (TPSA) is 166 Å². The summed E-state index contributed by atoms with van der Waals surface area (Å²) in [7, 11) is 0. The Kier molecular flexibility index (Phi) is 6.30. The number of anilines is 1. The van der Waals surface area contributed by atoms with E-state index < -0.39 is 23.5 Å². The Morgan fingerprint density at radius 3 is 2.19 bits per heavy atom. The molecule has 7 N–H and O–H groups in total. The Bertz CT molecular complexity index is 1110. The van der Waals surface area contributed by atoms with E-state index in [0.717, 1.165) is 5.56 Å². The highest BCUT2D eigenvalue weighted by atomic mass is 16.5. The number of benzene rings is 2. The number of nitrogens with zero attached hydrogens (tertiary/aromatic N) is 2. The van der Waals surface area contributed by atoms with Crippen molar-refractivity contribution in [2.45, 2.75) is 18.6 Å². The van der Waals surface area contributed by atoms with E-state index in [0.29, 0.717) is 11.3 Å². The Labute approximate surface area is 177 Å². The minimum absolute atomic E-state index is 0.00897. The first-order chi connectivity index (χ1) is 14.8.